The van der Waals surface area contributed by atoms with Crippen molar-refractivity contribution >= 4 is 17.6 Å². The van der Waals surface area contributed by atoms with Gasteiger partial charge in [0, 0.05) is 24.7 Å². The summed E-state index contributed by atoms with van der Waals surface area (Å²) >= 11 is 5.78. The first kappa shape index (κ1) is 16.1. The Labute approximate surface area is 129 Å². The van der Waals surface area contributed by atoms with Gasteiger partial charge in [-0.15, -0.1) is 0 Å². The molecule has 0 aromatic heterocycles. The number of morpholine rings is 1. The van der Waals surface area contributed by atoms with E-state index in [1.165, 1.54) is 0 Å². The first-order chi connectivity index (χ1) is 10.1. The van der Waals surface area contributed by atoms with Crippen LogP contribution in [-0.2, 0) is 14.3 Å². The van der Waals surface area contributed by atoms with Gasteiger partial charge in [0.05, 0.1) is 13.2 Å². The molecule has 1 aliphatic rings. The Morgan fingerprint density at radius 1 is 1.33 bits per heavy atom. The molecule has 0 amide bonds. The van der Waals surface area contributed by atoms with Crippen molar-refractivity contribution in [2.75, 3.05) is 39.5 Å². The lowest BCUT2D eigenvalue weighted by atomic mass is 10.3. The number of carbonyl (C=O) groups is 1. The van der Waals surface area contributed by atoms with E-state index in [0.29, 0.717) is 10.8 Å². The molecule has 0 bridgehead atoms. The van der Waals surface area contributed by atoms with E-state index >= 15 is 0 Å². The number of benzene rings is 1. The van der Waals surface area contributed by atoms with Gasteiger partial charge in [0.2, 0.25) is 0 Å². The summed E-state index contributed by atoms with van der Waals surface area (Å²) in [4.78, 5) is 13.9. The van der Waals surface area contributed by atoms with Gasteiger partial charge in [0.1, 0.15) is 11.9 Å². The lowest BCUT2D eigenvalue weighted by molar-refractivity contribution is -0.151. The normalized spacial score (nSPS) is 17.2. The van der Waals surface area contributed by atoms with Crippen LogP contribution >= 0.6 is 11.6 Å². The first-order valence-electron chi connectivity index (χ1n) is 7.01. The predicted octanol–water partition coefficient (Wildman–Crippen LogP) is 1.98. The van der Waals surface area contributed by atoms with Crippen molar-refractivity contribution in [2.45, 2.75) is 13.0 Å². The lowest BCUT2D eigenvalue weighted by Crippen LogP contribution is -2.41. The quantitative estimate of drug-likeness (QED) is 0.752. The molecular weight excluding hydrogens is 294 g/mol. The van der Waals surface area contributed by atoms with Crippen molar-refractivity contribution in [1.82, 2.24) is 4.90 Å². The minimum Gasteiger partial charge on any atom is -0.482 e. The molecule has 1 heterocycles. The van der Waals surface area contributed by atoms with E-state index in [1.54, 1.807) is 24.3 Å². The summed E-state index contributed by atoms with van der Waals surface area (Å²) in [7, 11) is 0. The number of nitrogens with zero attached hydrogens (tertiary/aromatic N) is 1. The van der Waals surface area contributed by atoms with E-state index in [0.717, 1.165) is 32.8 Å². The standard InChI is InChI=1S/C15H20ClNO4/c1-12(10-17-6-8-19-9-7-17)21-15(18)11-20-14-4-2-13(16)3-5-14/h2-5,12H,6-11H2,1H3/t12-/m1/s1. The van der Waals surface area contributed by atoms with Crippen molar-refractivity contribution in [2.24, 2.45) is 0 Å². The van der Waals surface area contributed by atoms with E-state index in [4.69, 9.17) is 25.8 Å². The second-order valence-electron chi connectivity index (χ2n) is 4.96. The topological polar surface area (TPSA) is 48.0 Å². The fourth-order valence-corrected chi connectivity index (χ4v) is 2.24. The zero-order chi connectivity index (χ0) is 15.1. The molecular formula is C15H20ClNO4. The van der Waals surface area contributed by atoms with Crippen molar-refractivity contribution in [3.8, 4) is 5.75 Å². The fraction of sp³-hybridized carbons (Fsp3) is 0.533. The highest BCUT2D eigenvalue weighted by Gasteiger charge is 2.16. The summed E-state index contributed by atoms with van der Waals surface area (Å²) in [5.41, 5.74) is 0. The second-order valence-corrected chi connectivity index (χ2v) is 5.39. The first-order valence-corrected chi connectivity index (χ1v) is 7.39. The van der Waals surface area contributed by atoms with Crippen LogP contribution in [0.4, 0.5) is 0 Å². The molecule has 1 aliphatic heterocycles. The number of rotatable bonds is 6. The highest BCUT2D eigenvalue weighted by atomic mass is 35.5. The van der Waals surface area contributed by atoms with Crippen molar-refractivity contribution in [1.29, 1.82) is 0 Å². The molecule has 1 aromatic carbocycles. The van der Waals surface area contributed by atoms with Crippen LogP contribution in [-0.4, -0.2) is 56.4 Å². The van der Waals surface area contributed by atoms with Gasteiger partial charge in [-0.05, 0) is 31.2 Å². The molecule has 0 aliphatic carbocycles. The average molecular weight is 314 g/mol. The van der Waals surface area contributed by atoms with E-state index in [1.807, 2.05) is 6.92 Å². The maximum absolute atomic E-state index is 11.7. The van der Waals surface area contributed by atoms with E-state index in [2.05, 4.69) is 4.90 Å². The van der Waals surface area contributed by atoms with Crippen molar-refractivity contribution in [3.63, 3.8) is 0 Å². The van der Waals surface area contributed by atoms with Gasteiger partial charge in [-0.25, -0.2) is 4.79 Å². The molecule has 6 heteroatoms. The number of esters is 1. The number of ether oxygens (including phenoxy) is 3. The summed E-state index contributed by atoms with van der Waals surface area (Å²) in [6.45, 7) is 5.73. The van der Waals surface area contributed by atoms with Crippen molar-refractivity contribution < 1.29 is 19.0 Å². The lowest BCUT2D eigenvalue weighted by Gasteiger charge is -2.28. The monoisotopic (exact) mass is 313 g/mol. The largest absolute Gasteiger partial charge is 0.482 e. The minimum atomic E-state index is -0.370. The highest BCUT2D eigenvalue weighted by molar-refractivity contribution is 6.30. The molecule has 1 saturated heterocycles. The van der Waals surface area contributed by atoms with Gasteiger partial charge in [-0.3, -0.25) is 4.90 Å². The van der Waals surface area contributed by atoms with Crippen LogP contribution in [0.2, 0.25) is 5.02 Å². The zero-order valence-corrected chi connectivity index (χ0v) is 12.8. The molecule has 5 nitrogen and oxygen atoms in total. The number of hydrogen-bond donors (Lipinski definition) is 0. The third-order valence-corrected chi connectivity index (χ3v) is 3.37. The molecule has 0 radical (unpaired) electrons. The van der Waals surface area contributed by atoms with Gasteiger partial charge in [0.25, 0.3) is 0 Å². The molecule has 0 N–H and O–H groups in total. The molecule has 116 valence electrons. The van der Waals surface area contributed by atoms with Gasteiger partial charge in [-0.2, -0.15) is 0 Å². The zero-order valence-electron chi connectivity index (χ0n) is 12.1. The fourth-order valence-electron chi connectivity index (χ4n) is 2.12. The second kappa shape index (κ2) is 8.22. The Kier molecular flexibility index (Phi) is 6.29. The summed E-state index contributed by atoms with van der Waals surface area (Å²) in [5.74, 6) is 0.225. The number of halogens is 1. The van der Waals surface area contributed by atoms with Crippen LogP contribution in [0.25, 0.3) is 0 Å². The van der Waals surface area contributed by atoms with Crippen LogP contribution in [0, 0.1) is 0 Å². The van der Waals surface area contributed by atoms with E-state index in [-0.39, 0.29) is 18.7 Å². The van der Waals surface area contributed by atoms with Gasteiger partial charge in [0.15, 0.2) is 6.61 Å². The Bertz CT molecular complexity index is 445. The smallest absolute Gasteiger partial charge is 0.344 e. The molecule has 1 atom stereocenters. The number of carbonyl (C=O) groups excluding carboxylic acids is 1. The molecule has 2 rings (SSSR count). The van der Waals surface area contributed by atoms with E-state index in [9.17, 15) is 4.79 Å². The van der Waals surface area contributed by atoms with Gasteiger partial charge < -0.3 is 14.2 Å². The summed E-state index contributed by atoms with van der Waals surface area (Å²) in [5, 5.41) is 0.629. The Hall–Kier alpha value is -1.30. The van der Waals surface area contributed by atoms with Crippen molar-refractivity contribution in [3.05, 3.63) is 29.3 Å². The predicted molar refractivity (Wildman–Crippen MR) is 79.8 cm³/mol. The third kappa shape index (κ3) is 5.91. The van der Waals surface area contributed by atoms with Crippen LogP contribution in [0.15, 0.2) is 24.3 Å². The summed E-state index contributed by atoms with van der Waals surface area (Å²) in [6, 6.07) is 6.85. The maximum atomic E-state index is 11.7. The molecule has 21 heavy (non-hydrogen) atoms. The van der Waals surface area contributed by atoms with Crippen LogP contribution in [0.3, 0.4) is 0 Å². The molecule has 1 aromatic rings. The molecule has 0 saturated carbocycles. The highest BCUT2D eigenvalue weighted by Crippen LogP contribution is 2.15. The summed E-state index contributed by atoms with van der Waals surface area (Å²) < 4.78 is 16.0. The molecule has 0 spiro atoms. The van der Waals surface area contributed by atoms with Crippen LogP contribution in [0.5, 0.6) is 5.75 Å². The van der Waals surface area contributed by atoms with Gasteiger partial charge in [-0.1, -0.05) is 11.6 Å². The van der Waals surface area contributed by atoms with Crippen LogP contribution < -0.4 is 4.74 Å². The Balaban J connectivity index is 1.67. The maximum Gasteiger partial charge on any atom is 0.344 e. The SMILES string of the molecule is C[C@H](CN1CCOCC1)OC(=O)COc1ccc(Cl)cc1. The third-order valence-electron chi connectivity index (χ3n) is 3.12. The number of hydrogen-bond acceptors (Lipinski definition) is 5. The Morgan fingerprint density at radius 2 is 2.00 bits per heavy atom. The van der Waals surface area contributed by atoms with Crippen LogP contribution in [0.1, 0.15) is 6.92 Å². The Morgan fingerprint density at radius 3 is 2.67 bits per heavy atom. The van der Waals surface area contributed by atoms with E-state index < -0.39 is 0 Å². The minimum absolute atomic E-state index is 0.102. The molecule has 1 fully saturated rings. The molecule has 0 unspecified atom stereocenters. The summed E-state index contributed by atoms with van der Waals surface area (Å²) in [6.07, 6.45) is -0.163. The van der Waals surface area contributed by atoms with Gasteiger partial charge >= 0.3 is 5.97 Å². The average Bonchev–Trinajstić information content (AvgIpc) is 2.47.